The van der Waals surface area contributed by atoms with Gasteiger partial charge in [0.1, 0.15) is 6.26 Å². The lowest BCUT2D eigenvalue weighted by Gasteiger charge is -1.94. The maximum Gasteiger partial charge on any atom is 0.194 e. The monoisotopic (exact) mass is 185 g/mol. The number of oxazole rings is 1. The summed E-state index contributed by atoms with van der Waals surface area (Å²) in [5.41, 5.74) is 0.815. The molecule has 74 valence electrons. The lowest BCUT2D eigenvalue weighted by atomic mass is 10.3. The van der Waals surface area contributed by atoms with Crippen molar-refractivity contribution in [2.45, 2.75) is 19.3 Å². The Morgan fingerprint density at radius 1 is 1.54 bits per heavy atom. The molecular formula is C9H15NO3. The molecule has 0 radical (unpaired) electrons. The molecule has 0 fully saturated rings. The van der Waals surface area contributed by atoms with Crippen molar-refractivity contribution in [1.82, 2.24) is 4.98 Å². The Kier molecular flexibility index (Phi) is 4.49. The molecule has 1 aromatic heterocycles. The number of methoxy groups -OCH3 is 1. The van der Waals surface area contributed by atoms with Crippen LogP contribution in [-0.2, 0) is 17.6 Å². The van der Waals surface area contributed by atoms with Gasteiger partial charge in [-0.05, 0) is 6.42 Å². The van der Waals surface area contributed by atoms with E-state index >= 15 is 0 Å². The van der Waals surface area contributed by atoms with Gasteiger partial charge in [0.25, 0.3) is 0 Å². The third kappa shape index (κ3) is 3.57. The van der Waals surface area contributed by atoms with Crippen molar-refractivity contribution in [3.8, 4) is 0 Å². The maximum atomic E-state index is 8.64. The summed E-state index contributed by atoms with van der Waals surface area (Å²) < 4.78 is 10.1. The number of aliphatic hydroxyl groups excluding tert-OH is 1. The molecule has 13 heavy (non-hydrogen) atoms. The van der Waals surface area contributed by atoms with E-state index in [1.165, 1.54) is 0 Å². The normalized spacial score (nSPS) is 10.6. The van der Waals surface area contributed by atoms with Crippen LogP contribution >= 0.6 is 0 Å². The number of hydrogen-bond donors (Lipinski definition) is 1. The minimum absolute atomic E-state index is 0.115. The van der Waals surface area contributed by atoms with E-state index in [1.807, 2.05) is 0 Å². The van der Waals surface area contributed by atoms with Crippen molar-refractivity contribution >= 4 is 0 Å². The van der Waals surface area contributed by atoms with Gasteiger partial charge in [0.05, 0.1) is 5.69 Å². The standard InChI is InChI=1S/C9H15NO3/c1-12-6-2-3-9-10-8(4-5-11)7-13-9/h7,11H,2-6H2,1H3. The minimum atomic E-state index is 0.115. The fourth-order valence-corrected chi connectivity index (χ4v) is 1.06. The molecule has 1 rings (SSSR count). The smallest absolute Gasteiger partial charge is 0.194 e. The molecule has 0 bridgehead atoms. The number of aryl methyl sites for hydroxylation is 1. The van der Waals surface area contributed by atoms with E-state index in [9.17, 15) is 0 Å². The first-order valence-electron chi connectivity index (χ1n) is 4.40. The topological polar surface area (TPSA) is 55.5 Å². The zero-order valence-electron chi connectivity index (χ0n) is 7.82. The van der Waals surface area contributed by atoms with E-state index in [2.05, 4.69) is 4.98 Å². The number of rotatable bonds is 6. The Balaban J connectivity index is 2.31. The summed E-state index contributed by atoms with van der Waals surface area (Å²) in [5.74, 6) is 0.723. The Bertz CT molecular complexity index is 235. The predicted octanol–water partition coefficient (Wildman–Crippen LogP) is 0.788. The Morgan fingerprint density at radius 3 is 3.08 bits per heavy atom. The van der Waals surface area contributed by atoms with Gasteiger partial charge < -0.3 is 14.3 Å². The lowest BCUT2D eigenvalue weighted by molar-refractivity contribution is 0.193. The zero-order valence-corrected chi connectivity index (χ0v) is 7.82. The second kappa shape index (κ2) is 5.72. The third-order valence-corrected chi connectivity index (χ3v) is 1.71. The SMILES string of the molecule is COCCCc1nc(CCO)co1. The summed E-state index contributed by atoms with van der Waals surface area (Å²) in [6.07, 6.45) is 3.86. The number of aliphatic hydroxyl groups is 1. The maximum absolute atomic E-state index is 8.64. The number of ether oxygens (including phenoxy) is 1. The van der Waals surface area contributed by atoms with Crippen molar-refractivity contribution < 1.29 is 14.3 Å². The van der Waals surface area contributed by atoms with Gasteiger partial charge in [0, 0.05) is 33.2 Å². The van der Waals surface area contributed by atoms with Crippen molar-refractivity contribution in [2.75, 3.05) is 20.3 Å². The van der Waals surface area contributed by atoms with Gasteiger partial charge in [0.2, 0.25) is 0 Å². The fraction of sp³-hybridized carbons (Fsp3) is 0.667. The third-order valence-electron chi connectivity index (χ3n) is 1.71. The second-order valence-corrected chi connectivity index (χ2v) is 2.80. The predicted molar refractivity (Wildman–Crippen MR) is 47.5 cm³/mol. The Morgan fingerprint density at radius 2 is 2.38 bits per heavy atom. The number of aromatic nitrogens is 1. The first-order valence-corrected chi connectivity index (χ1v) is 4.40. The molecule has 0 aliphatic heterocycles. The molecule has 1 heterocycles. The molecule has 0 atom stereocenters. The molecule has 1 N–H and O–H groups in total. The summed E-state index contributed by atoms with van der Waals surface area (Å²) in [7, 11) is 1.67. The van der Waals surface area contributed by atoms with Gasteiger partial charge in [-0.1, -0.05) is 0 Å². The van der Waals surface area contributed by atoms with Crippen LogP contribution in [0.5, 0.6) is 0 Å². The molecule has 0 amide bonds. The van der Waals surface area contributed by atoms with Crippen LogP contribution in [0.1, 0.15) is 18.0 Å². The molecule has 0 spiro atoms. The van der Waals surface area contributed by atoms with Gasteiger partial charge >= 0.3 is 0 Å². The first-order chi connectivity index (χ1) is 6.36. The van der Waals surface area contributed by atoms with E-state index in [0.717, 1.165) is 31.0 Å². The molecule has 0 unspecified atom stereocenters. The highest BCUT2D eigenvalue weighted by Gasteiger charge is 2.02. The van der Waals surface area contributed by atoms with Gasteiger partial charge in [-0.2, -0.15) is 0 Å². The van der Waals surface area contributed by atoms with Crippen molar-refractivity contribution in [2.24, 2.45) is 0 Å². The fourth-order valence-electron chi connectivity index (χ4n) is 1.06. The minimum Gasteiger partial charge on any atom is -0.449 e. The summed E-state index contributed by atoms with van der Waals surface area (Å²) in [6.45, 7) is 0.835. The quantitative estimate of drug-likeness (QED) is 0.666. The molecule has 0 saturated carbocycles. The van der Waals surface area contributed by atoms with E-state index in [4.69, 9.17) is 14.3 Å². The van der Waals surface area contributed by atoms with Gasteiger partial charge in [-0.15, -0.1) is 0 Å². The van der Waals surface area contributed by atoms with Crippen LogP contribution in [0.2, 0.25) is 0 Å². The summed E-state index contributed by atoms with van der Waals surface area (Å²) in [6, 6.07) is 0. The summed E-state index contributed by atoms with van der Waals surface area (Å²) in [5, 5.41) is 8.64. The van der Waals surface area contributed by atoms with Crippen molar-refractivity contribution in [1.29, 1.82) is 0 Å². The Hall–Kier alpha value is -0.870. The number of nitrogens with zero attached hydrogens (tertiary/aromatic N) is 1. The summed E-state index contributed by atoms with van der Waals surface area (Å²) in [4.78, 5) is 4.19. The molecule has 4 heteroatoms. The van der Waals surface area contributed by atoms with E-state index < -0.39 is 0 Å². The zero-order chi connectivity index (χ0) is 9.52. The first kappa shape index (κ1) is 10.2. The second-order valence-electron chi connectivity index (χ2n) is 2.80. The van der Waals surface area contributed by atoms with Crippen LogP contribution in [0.15, 0.2) is 10.7 Å². The highest BCUT2D eigenvalue weighted by molar-refractivity contribution is 4.96. The average Bonchev–Trinajstić information content (AvgIpc) is 2.54. The highest BCUT2D eigenvalue weighted by Crippen LogP contribution is 2.04. The van der Waals surface area contributed by atoms with Crippen LogP contribution in [0.25, 0.3) is 0 Å². The average molecular weight is 185 g/mol. The Labute approximate surface area is 77.5 Å². The van der Waals surface area contributed by atoms with E-state index in [0.29, 0.717) is 6.42 Å². The molecule has 0 aromatic carbocycles. The van der Waals surface area contributed by atoms with Crippen LogP contribution in [0.4, 0.5) is 0 Å². The van der Waals surface area contributed by atoms with Gasteiger partial charge in [-0.25, -0.2) is 4.98 Å². The van der Waals surface area contributed by atoms with Crippen LogP contribution in [0, 0.1) is 0 Å². The molecule has 0 aliphatic rings. The van der Waals surface area contributed by atoms with Gasteiger partial charge in [-0.3, -0.25) is 0 Å². The molecular weight excluding hydrogens is 170 g/mol. The van der Waals surface area contributed by atoms with Crippen LogP contribution in [-0.4, -0.2) is 30.4 Å². The van der Waals surface area contributed by atoms with Crippen molar-refractivity contribution in [3.05, 3.63) is 17.8 Å². The van der Waals surface area contributed by atoms with E-state index in [1.54, 1.807) is 13.4 Å². The van der Waals surface area contributed by atoms with E-state index in [-0.39, 0.29) is 6.61 Å². The van der Waals surface area contributed by atoms with Crippen LogP contribution in [0.3, 0.4) is 0 Å². The van der Waals surface area contributed by atoms with Crippen LogP contribution < -0.4 is 0 Å². The lowest BCUT2D eigenvalue weighted by Crippen LogP contribution is -1.94. The summed E-state index contributed by atoms with van der Waals surface area (Å²) >= 11 is 0. The van der Waals surface area contributed by atoms with Crippen molar-refractivity contribution in [3.63, 3.8) is 0 Å². The highest BCUT2D eigenvalue weighted by atomic mass is 16.5. The largest absolute Gasteiger partial charge is 0.449 e. The molecule has 0 aliphatic carbocycles. The molecule has 1 aromatic rings. The van der Waals surface area contributed by atoms with Gasteiger partial charge in [0.15, 0.2) is 5.89 Å². The molecule has 0 saturated heterocycles. The molecule has 4 nitrogen and oxygen atoms in total. The number of hydrogen-bond acceptors (Lipinski definition) is 4.